The maximum atomic E-state index is 13.7. The lowest BCUT2D eigenvalue weighted by molar-refractivity contribution is 0.319. The van der Waals surface area contributed by atoms with Crippen molar-refractivity contribution in [2.45, 2.75) is 26.8 Å². The highest BCUT2D eigenvalue weighted by Crippen LogP contribution is 2.33. The van der Waals surface area contributed by atoms with Crippen LogP contribution in [-0.4, -0.2) is 0 Å². The van der Waals surface area contributed by atoms with Gasteiger partial charge in [0.15, 0.2) is 0 Å². The molecule has 0 aliphatic heterocycles. The topological polar surface area (TPSA) is 26.0 Å². The molecule has 1 unspecified atom stereocenters. The van der Waals surface area contributed by atoms with E-state index in [1.807, 2.05) is 20.8 Å². The molecule has 0 saturated carbocycles. The van der Waals surface area contributed by atoms with E-state index in [0.717, 1.165) is 0 Å². The number of halogens is 2. The summed E-state index contributed by atoms with van der Waals surface area (Å²) in [5.41, 5.74) is 6.41. The second-order valence-corrected chi connectivity index (χ2v) is 5.34. The minimum absolute atomic E-state index is 0.137. The monoisotopic (exact) mass is 259 g/mol. The molecule has 0 amide bonds. The molecular formula is C11H15BrFN. The summed E-state index contributed by atoms with van der Waals surface area (Å²) in [6.07, 6.45) is 0. The molecule has 1 aromatic rings. The number of benzene rings is 1. The van der Waals surface area contributed by atoms with E-state index in [0.29, 0.717) is 10.0 Å². The zero-order valence-corrected chi connectivity index (χ0v) is 10.2. The van der Waals surface area contributed by atoms with Crippen molar-refractivity contribution in [1.82, 2.24) is 0 Å². The summed E-state index contributed by atoms with van der Waals surface area (Å²) in [7, 11) is 0. The summed E-state index contributed by atoms with van der Waals surface area (Å²) < 4.78 is 14.1. The van der Waals surface area contributed by atoms with E-state index in [1.165, 1.54) is 0 Å². The van der Waals surface area contributed by atoms with Crippen molar-refractivity contribution in [2.24, 2.45) is 11.1 Å². The average molecular weight is 260 g/mol. The minimum atomic E-state index is -0.292. The van der Waals surface area contributed by atoms with Gasteiger partial charge in [0.1, 0.15) is 5.82 Å². The fraction of sp³-hybridized carbons (Fsp3) is 0.455. The first-order valence-electron chi connectivity index (χ1n) is 4.53. The van der Waals surface area contributed by atoms with Crippen molar-refractivity contribution in [1.29, 1.82) is 0 Å². The van der Waals surface area contributed by atoms with Gasteiger partial charge in [0.05, 0.1) is 4.47 Å². The van der Waals surface area contributed by atoms with E-state index in [-0.39, 0.29) is 17.3 Å². The first-order valence-corrected chi connectivity index (χ1v) is 5.33. The summed E-state index contributed by atoms with van der Waals surface area (Å²) in [4.78, 5) is 0. The van der Waals surface area contributed by atoms with Crippen molar-refractivity contribution in [2.75, 3.05) is 0 Å². The number of nitrogens with two attached hydrogens (primary N) is 1. The normalized spacial score (nSPS) is 14.1. The summed E-state index contributed by atoms with van der Waals surface area (Å²) in [5, 5.41) is 0. The van der Waals surface area contributed by atoms with Crippen LogP contribution in [0.25, 0.3) is 0 Å². The fourth-order valence-electron chi connectivity index (χ4n) is 1.23. The van der Waals surface area contributed by atoms with Crippen LogP contribution in [0.2, 0.25) is 0 Å². The molecule has 0 aliphatic rings. The molecule has 0 fully saturated rings. The smallest absolute Gasteiger partial charge is 0.142 e. The highest BCUT2D eigenvalue weighted by molar-refractivity contribution is 9.10. The van der Waals surface area contributed by atoms with Crippen molar-refractivity contribution in [3.05, 3.63) is 34.1 Å². The predicted octanol–water partition coefficient (Wildman–Crippen LogP) is 3.63. The van der Waals surface area contributed by atoms with Gasteiger partial charge in [-0.25, -0.2) is 4.39 Å². The molecule has 78 valence electrons. The van der Waals surface area contributed by atoms with Crippen LogP contribution in [0.5, 0.6) is 0 Å². The van der Waals surface area contributed by atoms with Gasteiger partial charge >= 0.3 is 0 Å². The standard InChI is InChI=1S/C11H15BrFN/c1-11(2,3)10(14)7-5-4-6-8(12)9(7)13/h4-6,10H,14H2,1-3H3. The van der Waals surface area contributed by atoms with Gasteiger partial charge in [0.2, 0.25) is 0 Å². The first-order chi connectivity index (χ1) is 6.34. The molecule has 1 nitrogen and oxygen atoms in total. The molecule has 1 aromatic carbocycles. The predicted molar refractivity (Wildman–Crippen MR) is 60.5 cm³/mol. The Labute approximate surface area is 92.6 Å². The Morgan fingerprint density at radius 2 is 1.93 bits per heavy atom. The van der Waals surface area contributed by atoms with Crippen LogP contribution in [-0.2, 0) is 0 Å². The molecule has 1 rings (SSSR count). The zero-order valence-electron chi connectivity index (χ0n) is 8.64. The molecule has 3 heteroatoms. The third-order valence-electron chi connectivity index (χ3n) is 2.25. The van der Waals surface area contributed by atoms with E-state index in [2.05, 4.69) is 15.9 Å². The van der Waals surface area contributed by atoms with Gasteiger partial charge in [-0.05, 0) is 27.4 Å². The van der Waals surface area contributed by atoms with Gasteiger partial charge in [0.25, 0.3) is 0 Å². The van der Waals surface area contributed by atoms with Crippen LogP contribution in [0, 0.1) is 11.2 Å². The number of rotatable bonds is 1. The molecule has 0 saturated heterocycles. The second-order valence-electron chi connectivity index (χ2n) is 4.49. The Bertz CT molecular complexity index is 331. The third kappa shape index (κ3) is 2.34. The third-order valence-corrected chi connectivity index (χ3v) is 2.86. The van der Waals surface area contributed by atoms with Gasteiger partial charge in [-0.1, -0.05) is 32.9 Å². The Balaban J connectivity index is 3.14. The minimum Gasteiger partial charge on any atom is -0.323 e. The maximum absolute atomic E-state index is 13.7. The van der Waals surface area contributed by atoms with E-state index < -0.39 is 0 Å². The molecule has 0 aromatic heterocycles. The lowest BCUT2D eigenvalue weighted by Gasteiger charge is -2.27. The van der Waals surface area contributed by atoms with Crippen molar-refractivity contribution >= 4 is 15.9 Å². The van der Waals surface area contributed by atoms with Crippen LogP contribution in [0.3, 0.4) is 0 Å². The lowest BCUT2D eigenvalue weighted by atomic mass is 9.83. The lowest BCUT2D eigenvalue weighted by Crippen LogP contribution is -2.27. The largest absolute Gasteiger partial charge is 0.323 e. The summed E-state index contributed by atoms with van der Waals surface area (Å²) in [6, 6.07) is 4.91. The van der Waals surface area contributed by atoms with E-state index >= 15 is 0 Å². The van der Waals surface area contributed by atoms with Gasteiger partial charge in [-0.3, -0.25) is 0 Å². The van der Waals surface area contributed by atoms with E-state index in [1.54, 1.807) is 18.2 Å². The molecule has 0 spiro atoms. The van der Waals surface area contributed by atoms with E-state index in [4.69, 9.17) is 5.73 Å². The highest BCUT2D eigenvalue weighted by Gasteiger charge is 2.25. The van der Waals surface area contributed by atoms with Gasteiger partial charge in [-0.15, -0.1) is 0 Å². The Morgan fingerprint density at radius 3 is 2.43 bits per heavy atom. The quantitative estimate of drug-likeness (QED) is 0.819. The van der Waals surface area contributed by atoms with Crippen molar-refractivity contribution in [3.63, 3.8) is 0 Å². The molecule has 0 aliphatic carbocycles. The Kier molecular flexibility index (Phi) is 3.32. The van der Waals surface area contributed by atoms with Crippen molar-refractivity contribution < 1.29 is 4.39 Å². The number of hydrogen-bond acceptors (Lipinski definition) is 1. The summed E-state index contributed by atoms with van der Waals surface area (Å²) in [6.45, 7) is 5.99. The van der Waals surface area contributed by atoms with Crippen LogP contribution in [0.1, 0.15) is 32.4 Å². The summed E-state index contributed by atoms with van der Waals surface area (Å²) >= 11 is 3.15. The van der Waals surface area contributed by atoms with Crippen LogP contribution >= 0.6 is 15.9 Å². The van der Waals surface area contributed by atoms with Crippen LogP contribution in [0.15, 0.2) is 22.7 Å². The SMILES string of the molecule is CC(C)(C)C(N)c1cccc(Br)c1F. The second kappa shape index (κ2) is 3.99. The Hall–Kier alpha value is -0.410. The molecular weight excluding hydrogens is 245 g/mol. The molecule has 0 bridgehead atoms. The zero-order chi connectivity index (χ0) is 10.9. The maximum Gasteiger partial charge on any atom is 0.142 e. The van der Waals surface area contributed by atoms with Crippen LogP contribution in [0.4, 0.5) is 4.39 Å². The molecule has 0 radical (unpaired) electrons. The number of hydrogen-bond donors (Lipinski definition) is 1. The molecule has 2 N–H and O–H groups in total. The van der Waals surface area contributed by atoms with Gasteiger partial charge in [0, 0.05) is 11.6 Å². The van der Waals surface area contributed by atoms with Gasteiger partial charge < -0.3 is 5.73 Å². The van der Waals surface area contributed by atoms with Crippen LogP contribution < -0.4 is 5.73 Å². The highest BCUT2D eigenvalue weighted by atomic mass is 79.9. The van der Waals surface area contributed by atoms with E-state index in [9.17, 15) is 4.39 Å². The summed E-state index contributed by atoms with van der Waals surface area (Å²) in [5.74, 6) is -0.255. The van der Waals surface area contributed by atoms with Crippen molar-refractivity contribution in [3.8, 4) is 0 Å². The first kappa shape index (κ1) is 11.7. The average Bonchev–Trinajstić information content (AvgIpc) is 2.07. The molecule has 14 heavy (non-hydrogen) atoms. The fourth-order valence-corrected chi connectivity index (χ4v) is 1.61. The molecule has 0 heterocycles. The Morgan fingerprint density at radius 1 is 1.36 bits per heavy atom. The van der Waals surface area contributed by atoms with Gasteiger partial charge in [-0.2, -0.15) is 0 Å². The molecule has 1 atom stereocenters.